The van der Waals surface area contributed by atoms with Gasteiger partial charge in [0.15, 0.2) is 0 Å². The van der Waals surface area contributed by atoms with E-state index in [1.807, 2.05) is 48.5 Å². The molecule has 0 saturated heterocycles. The number of nitrogens with zero attached hydrogens (tertiary/aromatic N) is 1. The smallest absolute Gasteiger partial charge is 0.240 e. The lowest BCUT2D eigenvalue weighted by molar-refractivity contribution is -0.125. The fourth-order valence-electron chi connectivity index (χ4n) is 2.04. The minimum atomic E-state index is -0.274. The van der Waals surface area contributed by atoms with Gasteiger partial charge >= 0.3 is 0 Å². The van der Waals surface area contributed by atoms with Crippen LogP contribution in [0.3, 0.4) is 0 Å². The predicted molar refractivity (Wildman–Crippen MR) is 102 cm³/mol. The molecule has 0 atom stereocenters. The largest absolute Gasteiger partial charge is 0.299 e. The fourth-order valence-corrected chi connectivity index (χ4v) is 2.90. The van der Waals surface area contributed by atoms with E-state index in [2.05, 4.69) is 42.4 Å². The van der Waals surface area contributed by atoms with Gasteiger partial charge in [0.1, 0.15) is 5.78 Å². The minimum absolute atomic E-state index is 0.0271. The van der Waals surface area contributed by atoms with Crippen LogP contribution < -0.4 is 5.43 Å². The van der Waals surface area contributed by atoms with Gasteiger partial charge in [-0.25, -0.2) is 5.43 Å². The average Bonchev–Trinajstić information content (AvgIpc) is 2.53. The molecular weight excluding hydrogens is 436 g/mol. The molecular formula is C18H16Br2N2O2. The van der Waals surface area contributed by atoms with Gasteiger partial charge in [0, 0.05) is 28.2 Å². The lowest BCUT2D eigenvalue weighted by Gasteiger charge is -2.02. The van der Waals surface area contributed by atoms with E-state index in [0.717, 1.165) is 20.1 Å². The highest BCUT2D eigenvalue weighted by Crippen LogP contribution is 2.13. The van der Waals surface area contributed by atoms with Crippen molar-refractivity contribution in [3.63, 3.8) is 0 Å². The van der Waals surface area contributed by atoms with Crippen LogP contribution in [-0.2, 0) is 16.0 Å². The molecule has 0 fully saturated rings. The van der Waals surface area contributed by atoms with Crippen molar-refractivity contribution in [2.45, 2.75) is 19.3 Å². The zero-order valence-corrected chi connectivity index (χ0v) is 16.0. The maximum atomic E-state index is 11.9. The van der Waals surface area contributed by atoms with Crippen molar-refractivity contribution in [1.29, 1.82) is 0 Å². The van der Waals surface area contributed by atoms with E-state index < -0.39 is 0 Å². The second-order valence-corrected chi connectivity index (χ2v) is 7.02. The van der Waals surface area contributed by atoms with Crippen LogP contribution >= 0.6 is 31.9 Å². The first-order valence-corrected chi connectivity index (χ1v) is 8.95. The van der Waals surface area contributed by atoms with Crippen molar-refractivity contribution in [2.75, 3.05) is 0 Å². The van der Waals surface area contributed by atoms with Crippen LogP contribution in [0.4, 0.5) is 0 Å². The molecule has 0 aliphatic rings. The Labute approximate surface area is 157 Å². The van der Waals surface area contributed by atoms with Crippen LogP contribution in [0.25, 0.3) is 0 Å². The fraction of sp³-hybridized carbons (Fsp3) is 0.167. The van der Waals surface area contributed by atoms with E-state index >= 15 is 0 Å². The summed E-state index contributed by atoms with van der Waals surface area (Å²) in [7, 11) is 0. The van der Waals surface area contributed by atoms with E-state index in [0.29, 0.717) is 6.42 Å². The summed E-state index contributed by atoms with van der Waals surface area (Å²) in [6, 6.07) is 15.1. The summed E-state index contributed by atoms with van der Waals surface area (Å²) in [6.45, 7) is 0. The summed E-state index contributed by atoms with van der Waals surface area (Å²) < 4.78 is 1.88. The molecule has 0 unspecified atom stereocenters. The molecule has 1 amide bonds. The SMILES string of the molecule is O=C(CCC(=O)N/N=C/c1cccc(Br)c1)Cc1cccc(Br)c1. The zero-order chi connectivity index (χ0) is 17.4. The van der Waals surface area contributed by atoms with Crippen molar-refractivity contribution in [1.82, 2.24) is 5.43 Å². The Morgan fingerprint density at radius 3 is 2.42 bits per heavy atom. The van der Waals surface area contributed by atoms with E-state index in [1.54, 1.807) is 6.21 Å². The van der Waals surface area contributed by atoms with Crippen LogP contribution in [0.15, 0.2) is 62.6 Å². The van der Waals surface area contributed by atoms with Gasteiger partial charge in [-0.2, -0.15) is 5.10 Å². The number of carbonyl (C=O) groups excluding carboxylic acids is 2. The van der Waals surface area contributed by atoms with Crippen molar-refractivity contribution >= 4 is 49.8 Å². The number of hydrogen-bond acceptors (Lipinski definition) is 3. The van der Waals surface area contributed by atoms with Gasteiger partial charge in [-0.05, 0) is 35.4 Å². The van der Waals surface area contributed by atoms with E-state index in [9.17, 15) is 9.59 Å². The second-order valence-electron chi connectivity index (χ2n) is 5.19. The average molecular weight is 452 g/mol. The molecule has 4 nitrogen and oxygen atoms in total. The van der Waals surface area contributed by atoms with E-state index in [-0.39, 0.29) is 24.5 Å². The molecule has 0 bridgehead atoms. The topological polar surface area (TPSA) is 58.5 Å². The standard InChI is InChI=1S/C18H16Br2N2O2/c19-15-5-1-3-13(9-15)11-17(23)7-8-18(24)22-21-12-14-4-2-6-16(20)10-14/h1-6,9-10,12H,7-8,11H2,(H,22,24)/b21-12+. The second kappa shape index (κ2) is 9.49. The third-order valence-electron chi connectivity index (χ3n) is 3.17. The maximum absolute atomic E-state index is 11.9. The van der Waals surface area contributed by atoms with Gasteiger partial charge in [0.25, 0.3) is 0 Å². The number of hydrazone groups is 1. The lowest BCUT2D eigenvalue weighted by atomic mass is 10.1. The molecule has 24 heavy (non-hydrogen) atoms. The normalized spacial score (nSPS) is 10.8. The summed E-state index contributed by atoms with van der Waals surface area (Å²) >= 11 is 6.74. The number of benzene rings is 2. The first kappa shape index (κ1) is 18.5. The Bertz CT molecular complexity index is 760. The Kier molecular flexibility index (Phi) is 7.34. The third-order valence-corrected chi connectivity index (χ3v) is 4.16. The molecule has 2 rings (SSSR count). The summed E-state index contributed by atoms with van der Waals surface area (Å²) in [5, 5.41) is 3.89. The summed E-state index contributed by atoms with van der Waals surface area (Å²) in [4.78, 5) is 23.6. The Morgan fingerprint density at radius 2 is 1.71 bits per heavy atom. The Balaban J connectivity index is 1.73. The molecule has 2 aromatic carbocycles. The van der Waals surface area contributed by atoms with Crippen LogP contribution in [0.5, 0.6) is 0 Å². The van der Waals surface area contributed by atoms with Crippen molar-refractivity contribution in [3.05, 3.63) is 68.6 Å². The first-order valence-electron chi connectivity index (χ1n) is 7.36. The highest BCUT2D eigenvalue weighted by Gasteiger charge is 2.07. The Hall–Kier alpha value is -1.79. The highest BCUT2D eigenvalue weighted by molar-refractivity contribution is 9.10. The monoisotopic (exact) mass is 450 g/mol. The number of carbonyl (C=O) groups is 2. The van der Waals surface area contributed by atoms with Gasteiger partial charge in [-0.15, -0.1) is 0 Å². The van der Waals surface area contributed by atoms with Gasteiger partial charge in [0.05, 0.1) is 6.21 Å². The molecule has 0 aromatic heterocycles. The molecule has 0 heterocycles. The van der Waals surface area contributed by atoms with Gasteiger partial charge in [-0.1, -0.05) is 56.1 Å². The van der Waals surface area contributed by atoms with Crippen LogP contribution in [0, 0.1) is 0 Å². The van der Waals surface area contributed by atoms with Gasteiger partial charge in [0.2, 0.25) is 5.91 Å². The number of amides is 1. The minimum Gasteiger partial charge on any atom is -0.299 e. The quantitative estimate of drug-likeness (QED) is 0.505. The zero-order valence-electron chi connectivity index (χ0n) is 12.8. The van der Waals surface area contributed by atoms with Crippen molar-refractivity contribution < 1.29 is 9.59 Å². The summed E-state index contributed by atoms with van der Waals surface area (Å²) in [6.07, 6.45) is 2.22. The molecule has 124 valence electrons. The Morgan fingerprint density at radius 1 is 1.00 bits per heavy atom. The number of ketones is 1. The maximum Gasteiger partial charge on any atom is 0.240 e. The summed E-state index contributed by atoms with van der Waals surface area (Å²) in [5.41, 5.74) is 4.24. The van der Waals surface area contributed by atoms with E-state index in [4.69, 9.17) is 0 Å². The molecule has 0 spiro atoms. The van der Waals surface area contributed by atoms with Gasteiger partial charge < -0.3 is 0 Å². The molecule has 2 aromatic rings. The molecule has 1 N–H and O–H groups in total. The van der Waals surface area contributed by atoms with Gasteiger partial charge in [-0.3, -0.25) is 9.59 Å². The van der Waals surface area contributed by atoms with Crippen molar-refractivity contribution in [3.8, 4) is 0 Å². The predicted octanol–water partition coefficient (Wildman–Crippen LogP) is 4.25. The number of hydrogen-bond donors (Lipinski definition) is 1. The summed E-state index contributed by atoms with van der Waals surface area (Å²) in [5.74, 6) is -0.247. The molecule has 0 radical (unpaired) electrons. The number of rotatable bonds is 7. The van der Waals surface area contributed by atoms with Crippen LogP contribution in [0.2, 0.25) is 0 Å². The van der Waals surface area contributed by atoms with E-state index in [1.165, 1.54) is 0 Å². The van der Waals surface area contributed by atoms with Crippen LogP contribution in [-0.4, -0.2) is 17.9 Å². The number of Topliss-reactive ketones (excluding diaryl/α,β-unsaturated/α-hetero) is 1. The molecule has 0 aliphatic heterocycles. The highest BCUT2D eigenvalue weighted by atomic mass is 79.9. The molecule has 6 heteroatoms. The third kappa shape index (κ3) is 6.76. The molecule has 0 aliphatic carbocycles. The first-order chi connectivity index (χ1) is 11.5. The van der Waals surface area contributed by atoms with Crippen LogP contribution in [0.1, 0.15) is 24.0 Å². The number of nitrogens with one attached hydrogen (secondary N) is 1. The number of halogens is 2. The van der Waals surface area contributed by atoms with Crippen molar-refractivity contribution in [2.24, 2.45) is 5.10 Å². The molecule has 0 saturated carbocycles. The lowest BCUT2D eigenvalue weighted by Crippen LogP contribution is -2.18.